The summed E-state index contributed by atoms with van der Waals surface area (Å²) in [4.78, 5) is 23.8. The molecule has 1 amide bonds. The van der Waals surface area contributed by atoms with Crippen LogP contribution in [0.2, 0.25) is 0 Å². The summed E-state index contributed by atoms with van der Waals surface area (Å²) in [5.74, 6) is 1.74. The molecule has 6 heteroatoms. The minimum Gasteiger partial charge on any atom is -0.497 e. The van der Waals surface area contributed by atoms with Crippen molar-refractivity contribution >= 4 is 17.7 Å². The molecule has 1 aromatic heterocycles. The van der Waals surface area contributed by atoms with Crippen molar-refractivity contribution in [1.29, 1.82) is 0 Å². The molecule has 0 aliphatic rings. The quantitative estimate of drug-likeness (QED) is 0.578. The molecule has 0 fully saturated rings. The molecular weight excluding hydrogens is 334 g/mol. The van der Waals surface area contributed by atoms with Crippen LogP contribution in [0.4, 0.5) is 0 Å². The van der Waals surface area contributed by atoms with Gasteiger partial charge in [-0.1, -0.05) is 26.0 Å². The summed E-state index contributed by atoms with van der Waals surface area (Å²) in [5.41, 5.74) is 2.36. The monoisotopic (exact) mass is 359 g/mol. The fourth-order valence-corrected chi connectivity index (χ4v) is 3.11. The molecule has 0 atom stereocenters. The molecule has 134 valence electrons. The lowest BCUT2D eigenvalue weighted by molar-refractivity contribution is 0.0779. The second kappa shape index (κ2) is 8.34. The lowest BCUT2D eigenvalue weighted by Gasteiger charge is -2.20. The molecule has 0 aliphatic carbocycles. The smallest absolute Gasteiger partial charge is 0.258 e. The second-order valence-corrected chi connectivity index (χ2v) is 7.01. The Labute approximate surface area is 153 Å². The molecule has 5 nitrogen and oxygen atoms in total. The van der Waals surface area contributed by atoms with Gasteiger partial charge in [0, 0.05) is 19.5 Å². The largest absolute Gasteiger partial charge is 0.497 e. The molecule has 0 N–H and O–H groups in total. The van der Waals surface area contributed by atoms with Crippen LogP contribution in [0.5, 0.6) is 5.75 Å². The minimum atomic E-state index is -0.0621. The van der Waals surface area contributed by atoms with E-state index in [1.165, 1.54) is 11.8 Å². The van der Waals surface area contributed by atoms with Crippen LogP contribution < -0.4 is 4.74 Å². The number of nitrogens with zero attached hydrogens (tertiary/aromatic N) is 3. The van der Waals surface area contributed by atoms with Crippen molar-refractivity contribution in [1.82, 2.24) is 14.9 Å². The highest BCUT2D eigenvalue weighted by Gasteiger charge is 2.22. The number of carbonyl (C=O) groups is 1. The first kappa shape index (κ1) is 19.2. The third-order valence-electron chi connectivity index (χ3n) is 3.92. The Morgan fingerprint density at radius 3 is 2.40 bits per heavy atom. The number of carbonyl (C=O) groups excluding carboxylic acids is 1. The van der Waals surface area contributed by atoms with Crippen LogP contribution >= 0.6 is 11.8 Å². The fraction of sp³-hybridized carbons (Fsp3) is 0.421. The summed E-state index contributed by atoms with van der Waals surface area (Å²) in [6.45, 7) is 6.50. The van der Waals surface area contributed by atoms with Crippen molar-refractivity contribution in [3.63, 3.8) is 0 Å². The van der Waals surface area contributed by atoms with Gasteiger partial charge >= 0.3 is 0 Å². The van der Waals surface area contributed by atoms with E-state index in [9.17, 15) is 4.79 Å². The van der Waals surface area contributed by atoms with Gasteiger partial charge < -0.3 is 9.64 Å². The summed E-state index contributed by atoms with van der Waals surface area (Å²) in [5, 5.41) is 0.739. The van der Waals surface area contributed by atoms with Crippen molar-refractivity contribution in [2.45, 2.75) is 38.3 Å². The van der Waals surface area contributed by atoms with E-state index in [0.29, 0.717) is 12.1 Å². The molecule has 0 saturated heterocycles. The molecule has 0 saturated carbocycles. The summed E-state index contributed by atoms with van der Waals surface area (Å²) in [6.07, 6.45) is 1.94. The average Bonchev–Trinajstić information content (AvgIpc) is 2.60. The number of rotatable bonds is 6. The summed E-state index contributed by atoms with van der Waals surface area (Å²) in [6, 6.07) is 7.71. The van der Waals surface area contributed by atoms with Crippen LogP contribution in [-0.2, 0) is 6.54 Å². The predicted molar refractivity (Wildman–Crippen MR) is 101 cm³/mol. The van der Waals surface area contributed by atoms with Gasteiger partial charge in [-0.3, -0.25) is 4.79 Å². The zero-order chi connectivity index (χ0) is 18.6. The van der Waals surface area contributed by atoms with E-state index in [-0.39, 0.29) is 11.8 Å². The van der Waals surface area contributed by atoms with E-state index in [2.05, 4.69) is 23.8 Å². The van der Waals surface area contributed by atoms with Crippen molar-refractivity contribution in [3.05, 3.63) is 46.9 Å². The van der Waals surface area contributed by atoms with Gasteiger partial charge in [-0.15, -0.1) is 11.8 Å². The Hall–Kier alpha value is -2.08. The van der Waals surface area contributed by atoms with Gasteiger partial charge in [-0.05, 0) is 30.9 Å². The Morgan fingerprint density at radius 2 is 1.88 bits per heavy atom. The Bertz CT molecular complexity index is 745. The summed E-state index contributed by atoms with van der Waals surface area (Å²) < 4.78 is 5.17. The maximum atomic E-state index is 13.0. The molecule has 0 radical (unpaired) electrons. The normalized spacial score (nSPS) is 10.8. The highest BCUT2D eigenvalue weighted by atomic mass is 32.2. The maximum absolute atomic E-state index is 13.0. The van der Waals surface area contributed by atoms with E-state index in [1.54, 1.807) is 19.1 Å². The highest BCUT2D eigenvalue weighted by Crippen LogP contribution is 2.25. The number of benzene rings is 1. The van der Waals surface area contributed by atoms with E-state index in [1.807, 2.05) is 37.4 Å². The van der Waals surface area contributed by atoms with Gasteiger partial charge in [-0.2, -0.15) is 0 Å². The van der Waals surface area contributed by atoms with E-state index in [4.69, 9.17) is 4.74 Å². The summed E-state index contributed by atoms with van der Waals surface area (Å²) in [7, 11) is 3.44. The molecule has 1 heterocycles. The Morgan fingerprint density at radius 1 is 1.24 bits per heavy atom. The maximum Gasteiger partial charge on any atom is 0.258 e. The van der Waals surface area contributed by atoms with E-state index < -0.39 is 0 Å². The van der Waals surface area contributed by atoms with Crippen molar-refractivity contribution in [2.75, 3.05) is 20.4 Å². The minimum absolute atomic E-state index is 0.0621. The number of amides is 1. The van der Waals surface area contributed by atoms with Crippen LogP contribution in [0.15, 0.2) is 29.3 Å². The number of ether oxygens (including phenoxy) is 1. The van der Waals surface area contributed by atoms with Crippen LogP contribution in [-0.4, -0.2) is 41.2 Å². The zero-order valence-electron chi connectivity index (χ0n) is 15.7. The first-order valence-corrected chi connectivity index (χ1v) is 9.40. The van der Waals surface area contributed by atoms with Crippen molar-refractivity contribution in [3.8, 4) is 5.75 Å². The van der Waals surface area contributed by atoms with Gasteiger partial charge in [0.1, 0.15) is 16.6 Å². The fourth-order valence-electron chi connectivity index (χ4n) is 2.49. The lowest BCUT2D eigenvalue weighted by atomic mass is 10.1. The zero-order valence-corrected chi connectivity index (χ0v) is 16.5. The molecule has 0 unspecified atom stereocenters. The molecule has 1 aromatic carbocycles. The molecular formula is C19H25N3O2S. The number of hydrogen-bond donors (Lipinski definition) is 0. The van der Waals surface area contributed by atoms with Crippen molar-refractivity contribution < 1.29 is 9.53 Å². The average molecular weight is 359 g/mol. The van der Waals surface area contributed by atoms with Gasteiger partial charge in [0.2, 0.25) is 0 Å². The van der Waals surface area contributed by atoms with Crippen molar-refractivity contribution in [2.24, 2.45) is 0 Å². The van der Waals surface area contributed by atoms with Crippen LogP contribution in [0, 0.1) is 6.92 Å². The molecule has 2 aromatic rings. The van der Waals surface area contributed by atoms with Crippen LogP contribution in [0.1, 0.15) is 47.2 Å². The lowest BCUT2D eigenvalue weighted by Crippen LogP contribution is -2.28. The predicted octanol–water partition coefficient (Wildman–Crippen LogP) is 3.91. The van der Waals surface area contributed by atoms with Gasteiger partial charge in [0.25, 0.3) is 5.91 Å². The van der Waals surface area contributed by atoms with Crippen LogP contribution in [0.3, 0.4) is 0 Å². The molecule has 25 heavy (non-hydrogen) atoms. The first-order valence-electron chi connectivity index (χ1n) is 8.18. The Kier molecular flexibility index (Phi) is 6.42. The first-order chi connectivity index (χ1) is 11.9. The third kappa shape index (κ3) is 4.51. The molecule has 0 spiro atoms. The number of methoxy groups -OCH3 is 1. The topological polar surface area (TPSA) is 55.3 Å². The number of hydrogen-bond acceptors (Lipinski definition) is 5. The standard InChI is InChI=1S/C19H25N3O2S/c1-12(2)17-20-13(3)16(18(21-17)25-6)19(23)22(4)11-14-7-9-15(24-5)10-8-14/h7-10,12H,11H2,1-6H3. The summed E-state index contributed by atoms with van der Waals surface area (Å²) >= 11 is 1.48. The van der Waals surface area contributed by atoms with E-state index in [0.717, 1.165) is 27.9 Å². The SMILES string of the molecule is COc1ccc(CN(C)C(=O)c2c(C)nc(C(C)C)nc2SC)cc1. The second-order valence-electron chi connectivity index (χ2n) is 6.22. The van der Waals surface area contributed by atoms with E-state index >= 15 is 0 Å². The van der Waals surface area contributed by atoms with Gasteiger partial charge in [0.05, 0.1) is 18.4 Å². The van der Waals surface area contributed by atoms with Gasteiger partial charge in [0.15, 0.2) is 0 Å². The molecule has 0 aliphatic heterocycles. The number of aryl methyl sites for hydroxylation is 1. The number of thioether (sulfide) groups is 1. The van der Waals surface area contributed by atoms with Crippen LogP contribution in [0.25, 0.3) is 0 Å². The van der Waals surface area contributed by atoms with Gasteiger partial charge in [-0.25, -0.2) is 9.97 Å². The molecule has 2 rings (SSSR count). The Balaban J connectivity index is 2.26. The third-order valence-corrected chi connectivity index (χ3v) is 4.61. The highest BCUT2D eigenvalue weighted by molar-refractivity contribution is 7.98. The number of aromatic nitrogens is 2. The molecule has 0 bridgehead atoms.